The summed E-state index contributed by atoms with van der Waals surface area (Å²) in [7, 11) is 0. The second kappa shape index (κ2) is 2.26. The van der Waals surface area contributed by atoms with E-state index >= 15 is 0 Å². The minimum Gasteiger partial charge on any atom is -0.806 e. The molecule has 60 valence electrons. The van der Waals surface area contributed by atoms with Crippen LogP contribution >= 0.6 is 0 Å². The van der Waals surface area contributed by atoms with Gasteiger partial charge in [-0.05, 0) is 17.2 Å². The third-order valence-electron chi connectivity index (χ3n) is 1.48. The number of pyridine rings is 1. The second-order valence-electron chi connectivity index (χ2n) is 2.25. The van der Waals surface area contributed by atoms with Crippen LogP contribution in [0.4, 0.5) is 0 Å². The van der Waals surface area contributed by atoms with E-state index in [1.165, 1.54) is 18.5 Å². The smallest absolute Gasteiger partial charge is 0.230 e. The van der Waals surface area contributed by atoms with Crippen molar-refractivity contribution in [1.82, 2.24) is 15.0 Å². The Balaban J connectivity index is 2.88. The second-order valence-corrected chi connectivity index (χ2v) is 2.25. The van der Waals surface area contributed by atoms with Crippen molar-refractivity contribution in [2.24, 2.45) is 0 Å². The molecule has 0 aliphatic carbocycles. The molecule has 0 aromatic heterocycles. The lowest BCUT2D eigenvalue weighted by atomic mass is 10.2. The number of hydrogen-bond acceptors (Lipinski definition) is 4. The first-order chi connectivity index (χ1) is 5.77. The van der Waals surface area contributed by atoms with Gasteiger partial charge in [0.2, 0.25) is 5.69 Å². The highest BCUT2D eigenvalue weighted by atomic mass is 16.5. The summed E-state index contributed by atoms with van der Waals surface area (Å²) in [5, 5.41) is 17.4. The Bertz CT molecular complexity index is 438. The fraction of sp³-hybridized carbons (Fsp3) is 0. The molecule has 6 nitrogen and oxygen atoms in total. The molecule has 2 heterocycles. The van der Waals surface area contributed by atoms with Gasteiger partial charge in [0.15, 0.2) is 11.4 Å². The molecule has 0 amide bonds. The lowest BCUT2D eigenvalue weighted by Gasteiger charge is -2.08. The Morgan fingerprint density at radius 1 is 1.58 bits per heavy atom. The predicted molar refractivity (Wildman–Crippen MR) is 38.8 cm³/mol. The molecule has 0 atom stereocenters. The third kappa shape index (κ3) is 0.895. The Morgan fingerprint density at radius 2 is 2.42 bits per heavy atom. The van der Waals surface area contributed by atoms with Gasteiger partial charge in [-0.15, -0.1) is 0 Å². The van der Waals surface area contributed by atoms with Crippen LogP contribution in [0.1, 0.15) is 0 Å². The normalized spacial score (nSPS) is 10.3. The maximum absolute atomic E-state index is 10.9. The van der Waals surface area contributed by atoms with Crippen LogP contribution in [0.25, 0.3) is 11.3 Å². The Morgan fingerprint density at radius 3 is 3.25 bits per heavy atom. The van der Waals surface area contributed by atoms with E-state index in [9.17, 15) is 10.1 Å². The minimum atomic E-state index is 0.211. The summed E-state index contributed by atoms with van der Waals surface area (Å²) in [6.07, 6.45) is 3.87. The van der Waals surface area contributed by atoms with E-state index < -0.39 is 0 Å². The third-order valence-corrected chi connectivity index (χ3v) is 1.48. The Kier molecular flexibility index (Phi) is 1.26. The zero-order valence-electron chi connectivity index (χ0n) is 5.91. The van der Waals surface area contributed by atoms with Gasteiger partial charge in [-0.25, -0.2) is 0 Å². The molecule has 0 fully saturated rings. The molecule has 2 aliphatic rings. The van der Waals surface area contributed by atoms with Crippen LogP contribution in [0, 0.1) is 10.1 Å². The summed E-state index contributed by atoms with van der Waals surface area (Å²) < 4.78 is 0.849. The molecule has 6 heteroatoms. The Hall–Kier alpha value is -1.98. The highest BCUT2D eigenvalue weighted by molar-refractivity contribution is 5.53. The van der Waals surface area contributed by atoms with Crippen molar-refractivity contribution < 1.29 is 4.54 Å². The monoisotopic (exact) mass is 164 g/mol. The maximum Gasteiger partial charge on any atom is 0.230 e. The first-order valence-electron chi connectivity index (χ1n) is 3.21. The fourth-order valence-corrected chi connectivity index (χ4v) is 0.929. The highest BCUT2D eigenvalue weighted by Crippen LogP contribution is 2.11. The van der Waals surface area contributed by atoms with Crippen molar-refractivity contribution in [1.29, 1.82) is 0 Å². The van der Waals surface area contributed by atoms with Crippen molar-refractivity contribution in [2.45, 2.75) is 0 Å². The van der Waals surface area contributed by atoms with Crippen molar-refractivity contribution in [3.63, 3.8) is 0 Å². The lowest BCUT2D eigenvalue weighted by Crippen LogP contribution is -2.25. The van der Waals surface area contributed by atoms with E-state index in [1.807, 2.05) is 0 Å². The summed E-state index contributed by atoms with van der Waals surface area (Å²) in [5.74, 6) is 0. The standard InChI is InChI=1S/C6H4N4O2/c11-9-2-1-5-3-7-8-10(12)6(5)4-9/h1-4H. The van der Waals surface area contributed by atoms with Gasteiger partial charge in [-0.2, -0.15) is 0 Å². The van der Waals surface area contributed by atoms with Crippen molar-refractivity contribution in [2.75, 3.05) is 0 Å². The van der Waals surface area contributed by atoms with E-state index in [-0.39, 0.29) is 5.69 Å². The van der Waals surface area contributed by atoms with Crippen molar-refractivity contribution in [3.05, 3.63) is 34.8 Å². The number of hydrogen-bond donors (Lipinski definition) is 0. The maximum atomic E-state index is 10.9. The topological polar surface area (TPSA) is 76.7 Å². The van der Waals surface area contributed by atoms with Gasteiger partial charge in [-0.1, -0.05) is 0 Å². The molecule has 2 rings (SSSR count). The van der Waals surface area contributed by atoms with Gasteiger partial charge in [-0.3, -0.25) is 0 Å². The SMILES string of the molecule is O=[n+]1nncc2ccn([O-])cc1-2. The average molecular weight is 164 g/mol. The summed E-state index contributed by atoms with van der Waals surface area (Å²) in [4.78, 5) is 10.9. The van der Waals surface area contributed by atoms with E-state index in [4.69, 9.17) is 0 Å². The summed E-state index contributed by atoms with van der Waals surface area (Å²) in [5.41, 5.74) is 0.801. The molecule has 0 unspecified atom stereocenters. The molecular formula is C6H4N4O2. The number of fused-ring (bicyclic) bond motifs is 1. The zero-order valence-corrected chi connectivity index (χ0v) is 5.91. The molecule has 0 spiro atoms. The molecule has 0 aromatic rings. The molecule has 12 heavy (non-hydrogen) atoms. The predicted octanol–water partition coefficient (Wildman–Crippen LogP) is -0.357. The summed E-state index contributed by atoms with van der Waals surface area (Å²) >= 11 is 0. The van der Waals surface area contributed by atoms with Crippen LogP contribution in [0.5, 0.6) is 0 Å². The van der Waals surface area contributed by atoms with E-state index in [2.05, 4.69) is 10.3 Å². The molecule has 0 N–H and O–H groups in total. The molecule has 0 bridgehead atoms. The van der Waals surface area contributed by atoms with Gasteiger partial charge < -0.3 is 9.94 Å². The summed E-state index contributed by atoms with van der Waals surface area (Å²) in [6.45, 7) is 0. The summed E-state index contributed by atoms with van der Waals surface area (Å²) in [6, 6.07) is 1.51. The molecule has 0 radical (unpaired) electrons. The van der Waals surface area contributed by atoms with Crippen molar-refractivity contribution >= 4 is 0 Å². The number of aromatic nitrogens is 4. The fourth-order valence-electron chi connectivity index (χ4n) is 0.929. The molecule has 0 aromatic carbocycles. The number of rotatable bonds is 0. The first kappa shape index (κ1) is 6.71. The van der Waals surface area contributed by atoms with Crippen LogP contribution in [-0.4, -0.2) is 15.0 Å². The van der Waals surface area contributed by atoms with Gasteiger partial charge in [0.1, 0.15) is 4.54 Å². The first-order valence-corrected chi connectivity index (χ1v) is 3.21. The quantitative estimate of drug-likeness (QED) is 0.498. The molecule has 0 saturated carbocycles. The van der Waals surface area contributed by atoms with Gasteiger partial charge >= 0.3 is 0 Å². The van der Waals surface area contributed by atoms with Crippen LogP contribution < -0.4 is 4.54 Å². The van der Waals surface area contributed by atoms with Crippen molar-refractivity contribution in [3.8, 4) is 11.3 Å². The largest absolute Gasteiger partial charge is 0.806 e. The number of nitrogens with zero attached hydrogens (tertiary/aromatic N) is 4. The zero-order chi connectivity index (χ0) is 8.55. The van der Waals surface area contributed by atoms with Gasteiger partial charge in [0, 0.05) is 0 Å². The molecular weight excluding hydrogens is 160 g/mol. The van der Waals surface area contributed by atoms with Crippen LogP contribution in [0.2, 0.25) is 0 Å². The van der Waals surface area contributed by atoms with E-state index in [0.29, 0.717) is 14.8 Å². The molecule has 0 saturated heterocycles. The minimum absolute atomic E-state index is 0.211. The molecule has 2 aliphatic heterocycles. The average Bonchev–Trinajstić information content (AvgIpc) is 2.07. The van der Waals surface area contributed by atoms with E-state index in [1.54, 1.807) is 0 Å². The van der Waals surface area contributed by atoms with Crippen LogP contribution in [0.3, 0.4) is 0 Å². The van der Waals surface area contributed by atoms with Gasteiger partial charge in [0.05, 0.1) is 16.9 Å². The van der Waals surface area contributed by atoms with Gasteiger partial charge in [0.25, 0.3) is 0 Å². The van der Waals surface area contributed by atoms with Crippen LogP contribution in [0.15, 0.2) is 24.7 Å². The van der Waals surface area contributed by atoms with E-state index in [0.717, 1.165) is 6.20 Å². The highest BCUT2D eigenvalue weighted by Gasteiger charge is 2.11. The van der Waals surface area contributed by atoms with Crippen LogP contribution in [-0.2, 0) is 0 Å². The lowest BCUT2D eigenvalue weighted by molar-refractivity contribution is -0.560. The Labute approximate surface area is 66.6 Å².